The van der Waals surface area contributed by atoms with E-state index in [1.165, 1.54) is 82.6 Å². The number of rotatable bonds is 3. The van der Waals surface area contributed by atoms with Crippen molar-refractivity contribution in [3.8, 4) is 44.5 Å². The van der Waals surface area contributed by atoms with Gasteiger partial charge in [0.05, 0.1) is 0 Å². The lowest BCUT2D eigenvalue weighted by atomic mass is 9.75. The van der Waals surface area contributed by atoms with Gasteiger partial charge in [0.25, 0.3) is 0 Å². The number of furan rings is 1. The molecule has 0 bridgehead atoms. The van der Waals surface area contributed by atoms with E-state index in [0.717, 1.165) is 16.6 Å². The van der Waals surface area contributed by atoms with E-state index in [4.69, 9.17) is 4.42 Å². The topological polar surface area (TPSA) is 13.1 Å². The fraction of sp³-hybridized carbons (Fsp3) is 0.0638. The van der Waals surface area contributed by atoms with Gasteiger partial charge >= 0.3 is 0 Å². The van der Waals surface area contributed by atoms with Crippen molar-refractivity contribution in [2.75, 3.05) is 0 Å². The lowest BCUT2D eigenvalue weighted by Crippen LogP contribution is -2.16. The zero-order chi connectivity index (χ0) is 32.0. The van der Waals surface area contributed by atoms with E-state index in [0.29, 0.717) is 0 Å². The zero-order valence-electron chi connectivity index (χ0n) is 26.9. The third-order valence-corrected chi connectivity index (χ3v) is 10.6. The van der Waals surface area contributed by atoms with E-state index in [1.807, 2.05) is 0 Å². The summed E-state index contributed by atoms with van der Waals surface area (Å²) < 4.78 is 7.12. The molecule has 0 unspecified atom stereocenters. The SMILES string of the molecule is CC1(C)c2ccccc2-c2c1c(-c1ccccc1)c1c(oc3ccccc31)c2-c1c2ccccc2c(-c2ccccc2)c2ccccc12. The van der Waals surface area contributed by atoms with Gasteiger partial charge in [0.15, 0.2) is 0 Å². The van der Waals surface area contributed by atoms with Gasteiger partial charge in [0, 0.05) is 27.3 Å². The molecule has 0 saturated carbocycles. The quantitative estimate of drug-likeness (QED) is 0.181. The number of hydrogen-bond donors (Lipinski definition) is 0. The molecule has 1 nitrogen and oxygen atoms in total. The van der Waals surface area contributed by atoms with Gasteiger partial charge in [-0.25, -0.2) is 0 Å². The van der Waals surface area contributed by atoms with E-state index in [2.05, 4.69) is 172 Å². The largest absolute Gasteiger partial charge is 0.455 e. The first-order chi connectivity index (χ1) is 23.6. The molecule has 9 aromatic rings. The van der Waals surface area contributed by atoms with Crippen LogP contribution in [-0.4, -0.2) is 0 Å². The summed E-state index contributed by atoms with van der Waals surface area (Å²) in [5, 5.41) is 7.28. The summed E-state index contributed by atoms with van der Waals surface area (Å²) in [6.07, 6.45) is 0. The Kier molecular flexibility index (Phi) is 5.69. The molecule has 0 amide bonds. The van der Waals surface area contributed by atoms with Gasteiger partial charge in [-0.2, -0.15) is 0 Å². The minimum absolute atomic E-state index is 0.242. The smallest absolute Gasteiger partial charge is 0.144 e. The van der Waals surface area contributed by atoms with Crippen LogP contribution in [0.3, 0.4) is 0 Å². The molecular weight excluding hydrogens is 581 g/mol. The average molecular weight is 613 g/mol. The van der Waals surface area contributed by atoms with Crippen molar-refractivity contribution in [1.82, 2.24) is 0 Å². The Hall–Kier alpha value is -5.92. The molecule has 0 aliphatic heterocycles. The maximum atomic E-state index is 7.12. The maximum Gasteiger partial charge on any atom is 0.144 e. The third-order valence-electron chi connectivity index (χ3n) is 10.6. The van der Waals surface area contributed by atoms with Crippen LogP contribution in [-0.2, 0) is 5.41 Å². The molecule has 0 spiro atoms. The van der Waals surface area contributed by atoms with E-state index in [9.17, 15) is 0 Å². The minimum atomic E-state index is -0.242. The molecule has 0 fully saturated rings. The van der Waals surface area contributed by atoms with E-state index in [1.54, 1.807) is 0 Å². The van der Waals surface area contributed by atoms with Crippen LogP contribution in [0.15, 0.2) is 162 Å². The summed E-state index contributed by atoms with van der Waals surface area (Å²) in [5.74, 6) is 0. The molecule has 0 atom stereocenters. The van der Waals surface area contributed by atoms with Crippen LogP contribution in [0.1, 0.15) is 25.0 Å². The minimum Gasteiger partial charge on any atom is -0.455 e. The molecule has 1 aromatic heterocycles. The van der Waals surface area contributed by atoms with Crippen LogP contribution in [0.25, 0.3) is 88.0 Å². The van der Waals surface area contributed by atoms with Crippen LogP contribution in [0, 0.1) is 0 Å². The average Bonchev–Trinajstić information content (AvgIpc) is 3.63. The summed E-state index contributed by atoms with van der Waals surface area (Å²) in [6.45, 7) is 4.80. The second-order valence-corrected chi connectivity index (χ2v) is 13.5. The van der Waals surface area contributed by atoms with Crippen molar-refractivity contribution < 1.29 is 4.42 Å². The summed E-state index contributed by atoms with van der Waals surface area (Å²) in [5.41, 5.74) is 14.3. The van der Waals surface area contributed by atoms with Crippen molar-refractivity contribution in [1.29, 1.82) is 0 Å². The van der Waals surface area contributed by atoms with Crippen LogP contribution in [0.2, 0.25) is 0 Å². The van der Waals surface area contributed by atoms with Crippen LogP contribution in [0.4, 0.5) is 0 Å². The van der Waals surface area contributed by atoms with Crippen LogP contribution in [0.5, 0.6) is 0 Å². The molecule has 226 valence electrons. The lowest BCUT2D eigenvalue weighted by molar-refractivity contribution is 0.660. The Bertz CT molecular complexity index is 2670. The Balaban J connectivity index is 1.51. The second-order valence-electron chi connectivity index (χ2n) is 13.5. The third kappa shape index (κ3) is 3.62. The maximum absolute atomic E-state index is 7.12. The summed E-state index contributed by atoms with van der Waals surface area (Å²) >= 11 is 0. The Morgan fingerprint density at radius 3 is 1.50 bits per heavy atom. The normalized spacial score (nSPS) is 13.4. The molecule has 0 radical (unpaired) electrons. The first-order valence-electron chi connectivity index (χ1n) is 16.8. The number of hydrogen-bond acceptors (Lipinski definition) is 1. The molecule has 10 rings (SSSR count). The fourth-order valence-corrected chi connectivity index (χ4v) is 8.68. The predicted octanol–water partition coefficient (Wildman–Crippen LogP) is 13.2. The van der Waals surface area contributed by atoms with Crippen LogP contribution >= 0.6 is 0 Å². The summed E-state index contributed by atoms with van der Waals surface area (Å²) in [4.78, 5) is 0. The van der Waals surface area contributed by atoms with Crippen molar-refractivity contribution in [3.05, 3.63) is 169 Å². The molecule has 8 aromatic carbocycles. The van der Waals surface area contributed by atoms with Crippen molar-refractivity contribution in [3.63, 3.8) is 0 Å². The molecular formula is C47H32O. The van der Waals surface area contributed by atoms with Gasteiger partial charge in [0.1, 0.15) is 11.2 Å². The summed E-state index contributed by atoms with van der Waals surface area (Å²) in [6, 6.07) is 57.3. The van der Waals surface area contributed by atoms with Gasteiger partial charge in [0.2, 0.25) is 0 Å². The Labute approximate surface area is 279 Å². The van der Waals surface area contributed by atoms with Crippen molar-refractivity contribution in [2.45, 2.75) is 19.3 Å². The lowest BCUT2D eigenvalue weighted by Gasteiger charge is -2.27. The monoisotopic (exact) mass is 612 g/mol. The van der Waals surface area contributed by atoms with Gasteiger partial charge in [-0.15, -0.1) is 0 Å². The molecule has 48 heavy (non-hydrogen) atoms. The predicted molar refractivity (Wildman–Crippen MR) is 203 cm³/mol. The molecule has 1 heterocycles. The summed E-state index contributed by atoms with van der Waals surface area (Å²) in [7, 11) is 0. The molecule has 1 heteroatoms. The fourth-order valence-electron chi connectivity index (χ4n) is 8.68. The highest BCUT2D eigenvalue weighted by atomic mass is 16.3. The first-order valence-corrected chi connectivity index (χ1v) is 16.8. The Morgan fingerprint density at radius 1 is 0.396 bits per heavy atom. The highest BCUT2D eigenvalue weighted by molar-refractivity contribution is 6.29. The first kappa shape index (κ1) is 27.2. The number of fused-ring (bicyclic) bond motifs is 8. The molecule has 1 aliphatic carbocycles. The van der Waals surface area contributed by atoms with Crippen molar-refractivity contribution >= 4 is 43.5 Å². The number of para-hydroxylation sites is 1. The number of benzene rings is 8. The van der Waals surface area contributed by atoms with Gasteiger partial charge in [-0.05, 0) is 72.1 Å². The van der Waals surface area contributed by atoms with Gasteiger partial charge < -0.3 is 4.42 Å². The molecule has 0 saturated heterocycles. The Morgan fingerprint density at radius 2 is 0.875 bits per heavy atom. The van der Waals surface area contributed by atoms with Crippen LogP contribution < -0.4 is 0 Å². The molecule has 0 N–H and O–H groups in total. The molecule has 1 aliphatic rings. The standard InChI is InChI=1S/C47H32O/c1-47(2)37-27-15-13-25-35(37)42-44(46-43(36-26-14-16-28-38(36)48-46)40(45(42)47)30-19-7-4-8-20-30)41-33-23-11-9-21-31(33)39(29-17-5-3-6-18-29)32-22-10-12-24-34(32)41/h3-28H,1-2H3. The highest BCUT2D eigenvalue weighted by Crippen LogP contribution is 2.61. The zero-order valence-corrected chi connectivity index (χ0v) is 26.9. The van der Waals surface area contributed by atoms with Gasteiger partial charge in [-0.3, -0.25) is 0 Å². The van der Waals surface area contributed by atoms with Crippen molar-refractivity contribution in [2.24, 2.45) is 0 Å². The second kappa shape index (κ2) is 10.0. The highest BCUT2D eigenvalue weighted by Gasteiger charge is 2.42. The van der Waals surface area contributed by atoms with Gasteiger partial charge in [-0.1, -0.05) is 166 Å². The van der Waals surface area contributed by atoms with E-state index >= 15 is 0 Å². The van der Waals surface area contributed by atoms with E-state index < -0.39 is 0 Å². The van der Waals surface area contributed by atoms with E-state index in [-0.39, 0.29) is 5.41 Å².